The maximum absolute atomic E-state index is 13.9. The van der Waals surface area contributed by atoms with Gasteiger partial charge in [-0.05, 0) is 37.8 Å². The van der Waals surface area contributed by atoms with Crippen LogP contribution < -0.4 is 10.2 Å². The van der Waals surface area contributed by atoms with Crippen molar-refractivity contribution >= 4 is 11.7 Å². The van der Waals surface area contributed by atoms with Crippen molar-refractivity contribution in [2.45, 2.75) is 37.8 Å². The second-order valence-electron chi connectivity index (χ2n) is 7.42. The van der Waals surface area contributed by atoms with Crippen LogP contribution in [0.15, 0.2) is 24.3 Å². The van der Waals surface area contributed by atoms with Gasteiger partial charge in [0, 0.05) is 51.4 Å². The highest BCUT2D eigenvalue weighted by molar-refractivity contribution is 5.75. The topological polar surface area (TPSA) is 38.8 Å². The Bertz CT molecular complexity index is 605. The van der Waals surface area contributed by atoms with Gasteiger partial charge in [-0.3, -0.25) is 0 Å². The first-order valence-electron chi connectivity index (χ1n) is 9.49. The van der Waals surface area contributed by atoms with Crippen LogP contribution in [0.4, 0.5) is 14.9 Å². The minimum atomic E-state index is -0.192. The number of para-hydroxylation sites is 1. The second-order valence-corrected chi connectivity index (χ2v) is 7.42. The quantitative estimate of drug-likeness (QED) is 0.913. The van der Waals surface area contributed by atoms with Crippen LogP contribution in [0, 0.1) is 5.82 Å². The zero-order chi connectivity index (χ0) is 17.2. The first-order valence-corrected chi connectivity index (χ1v) is 9.49. The number of piperazine rings is 1. The lowest BCUT2D eigenvalue weighted by Crippen LogP contribution is -2.55. The van der Waals surface area contributed by atoms with Crippen LogP contribution >= 0.6 is 0 Å². The van der Waals surface area contributed by atoms with Crippen molar-refractivity contribution in [3.05, 3.63) is 30.1 Å². The molecule has 2 saturated heterocycles. The molecule has 0 bridgehead atoms. The van der Waals surface area contributed by atoms with Crippen molar-refractivity contribution in [2.24, 2.45) is 0 Å². The zero-order valence-electron chi connectivity index (χ0n) is 14.7. The minimum absolute atomic E-state index is 0.0399. The Labute approximate surface area is 148 Å². The molecule has 2 aliphatic heterocycles. The average Bonchev–Trinajstić information content (AvgIpc) is 3.48. The Morgan fingerprint density at radius 2 is 1.64 bits per heavy atom. The summed E-state index contributed by atoms with van der Waals surface area (Å²) in [4.78, 5) is 19.0. The lowest BCUT2D eigenvalue weighted by molar-refractivity contribution is 0.166. The zero-order valence-corrected chi connectivity index (χ0v) is 14.7. The van der Waals surface area contributed by atoms with Gasteiger partial charge < -0.3 is 20.0 Å². The third-order valence-electron chi connectivity index (χ3n) is 5.68. The fourth-order valence-electron chi connectivity index (χ4n) is 3.97. The van der Waals surface area contributed by atoms with E-state index in [4.69, 9.17) is 0 Å². The molecule has 1 aromatic carbocycles. The fourth-order valence-corrected chi connectivity index (χ4v) is 3.97. The summed E-state index contributed by atoms with van der Waals surface area (Å²) in [7, 11) is 0. The molecule has 0 spiro atoms. The summed E-state index contributed by atoms with van der Waals surface area (Å²) in [5, 5.41) is 3.20. The van der Waals surface area contributed by atoms with Crippen molar-refractivity contribution in [3.8, 4) is 0 Å². The Morgan fingerprint density at radius 1 is 0.960 bits per heavy atom. The van der Waals surface area contributed by atoms with E-state index in [2.05, 4.69) is 10.2 Å². The second kappa shape index (κ2) is 7.20. The van der Waals surface area contributed by atoms with Crippen molar-refractivity contribution in [1.29, 1.82) is 0 Å². The number of piperidine rings is 1. The third kappa shape index (κ3) is 3.89. The van der Waals surface area contributed by atoms with E-state index in [-0.39, 0.29) is 11.8 Å². The molecular weight excluding hydrogens is 319 g/mol. The highest BCUT2D eigenvalue weighted by Gasteiger charge is 2.32. The smallest absolute Gasteiger partial charge is 0.317 e. The van der Waals surface area contributed by atoms with E-state index in [9.17, 15) is 9.18 Å². The van der Waals surface area contributed by atoms with Gasteiger partial charge in [0.15, 0.2) is 0 Å². The molecule has 0 unspecified atom stereocenters. The van der Waals surface area contributed by atoms with Crippen LogP contribution in [-0.4, -0.2) is 67.2 Å². The van der Waals surface area contributed by atoms with Gasteiger partial charge in [0.05, 0.1) is 5.69 Å². The predicted molar refractivity (Wildman–Crippen MR) is 96.3 cm³/mol. The van der Waals surface area contributed by atoms with Gasteiger partial charge in [-0.15, -0.1) is 0 Å². The third-order valence-corrected chi connectivity index (χ3v) is 5.68. The summed E-state index contributed by atoms with van der Waals surface area (Å²) in [5.74, 6) is -0.192. The van der Waals surface area contributed by atoms with E-state index in [1.807, 2.05) is 15.9 Å². The number of hydrogen-bond donors (Lipinski definition) is 1. The van der Waals surface area contributed by atoms with Crippen LogP contribution in [-0.2, 0) is 0 Å². The van der Waals surface area contributed by atoms with Gasteiger partial charge in [-0.1, -0.05) is 12.1 Å². The first-order chi connectivity index (χ1) is 12.2. The number of carbonyl (C=O) groups excluding carboxylic acids is 1. The molecule has 1 saturated carbocycles. The molecule has 0 radical (unpaired) electrons. The summed E-state index contributed by atoms with van der Waals surface area (Å²) in [6, 6.07) is 8.01. The molecule has 4 rings (SSSR count). The highest BCUT2D eigenvalue weighted by atomic mass is 19.1. The minimum Gasteiger partial charge on any atom is -0.366 e. The first kappa shape index (κ1) is 16.6. The van der Waals surface area contributed by atoms with Crippen molar-refractivity contribution in [3.63, 3.8) is 0 Å². The van der Waals surface area contributed by atoms with E-state index in [0.717, 1.165) is 32.0 Å². The number of halogens is 1. The number of urea groups is 1. The van der Waals surface area contributed by atoms with Gasteiger partial charge in [-0.2, -0.15) is 0 Å². The number of hydrogen-bond acceptors (Lipinski definition) is 3. The molecule has 1 aliphatic carbocycles. The van der Waals surface area contributed by atoms with E-state index in [1.165, 1.54) is 18.9 Å². The van der Waals surface area contributed by atoms with Gasteiger partial charge in [0.1, 0.15) is 5.82 Å². The maximum Gasteiger partial charge on any atom is 0.317 e. The summed E-state index contributed by atoms with van der Waals surface area (Å²) in [6.45, 7) is 4.85. The molecule has 2 heterocycles. The standard InChI is InChI=1S/C19H27FN4O/c20-17-3-1-2-4-18(17)23-11-13-24(14-12-23)19(25)21-15-7-9-22(10-8-15)16-5-6-16/h1-4,15-16H,5-14H2,(H,21,25). The number of carbonyl (C=O) groups is 1. The van der Waals surface area contributed by atoms with Crippen LogP contribution in [0.3, 0.4) is 0 Å². The lowest BCUT2D eigenvalue weighted by atomic mass is 10.1. The molecule has 1 aromatic rings. The highest BCUT2D eigenvalue weighted by Crippen LogP contribution is 2.29. The number of nitrogens with zero attached hydrogens (tertiary/aromatic N) is 3. The Kier molecular flexibility index (Phi) is 4.79. The molecular formula is C19H27FN4O. The van der Waals surface area contributed by atoms with E-state index >= 15 is 0 Å². The largest absolute Gasteiger partial charge is 0.366 e. The molecule has 3 aliphatic rings. The van der Waals surface area contributed by atoms with E-state index < -0.39 is 0 Å². The molecule has 136 valence electrons. The monoisotopic (exact) mass is 346 g/mol. The number of likely N-dealkylation sites (tertiary alicyclic amines) is 1. The molecule has 3 fully saturated rings. The molecule has 1 N–H and O–H groups in total. The summed E-state index contributed by atoms with van der Waals surface area (Å²) in [5.41, 5.74) is 0.634. The van der Waals surface area contributed by atoms with Gasteiger partial charge in [-0.25, -0.2) is 9.18 Å². The van der Waals surface area contributed by atoms with Crippen molar-refractivity contribution in [2.75, 3.05) is 44.2 Å². The van der Waals surface area contributed by atoms with Crippen LogP contribution in [0.5, 0.6) is 0 Å². The number of nitrogens with one attached hydrogen (secondary N) is 1. The molecule has 6 heteroatoms. The predicted octanol–water partition coefficient (Wildman–Crippen LogP) is 2.28. The van der Waals surface area contributed by atoms with Crippen molar-refractivity contribution in [1.82, 2.24) is 15.1 Å². The summed E-state index contributed by atoms with van der Waals surface area (Å²) < 4.78 is 13.9. The normalized spacial score (nSPS) is 22.9. The Hall–Kier alpha value is -1.82. The summed E-state index contributed by atoms with van der Waals surface area (Å²) in [6.07, 6.45) is 4.81. The maximum atomic E-state index is 13.9. The molecule has 0 atom stereocenters. The molecule has 5 nitrogen and oxygen atoms in total. The van der Waals surface area contributed by atoms with Crippen LogP contribution in [0.1, 0.15) is 25.7 Å². The Morgan fingerprint density at radius 3 is 2.28 bits per heavy atom. The van der Waals surface area contributed by atoms with Gasteiger partial charge >= 0.3 is 6.03 Å². The number of amides is 2. The molecule has 2 amide bonds. The van der Waals surface area contributed by atoms with Gasteiger partial charge in [0.2, 0.25) is 0 Å². The number of benzene rings is 1. The van der Waals surface area contributed by atoms with Gasteiger partial charge in [0.25, 0.3) is 0 Å². The van der Waals surface area contributed by atoms with Crippen LogP contribution in [0.25, 0.3) is 0 Å². The fraction of sp³-hybridized carbons (Fsp3) is 0.632. The average molecular weight is 346 g/mol. The lowest BCUT2D eigenvalue weighted by Gasteiger charge is -2.38. The molecule has 0 aromatic heterocycles. The SMILES string of the molecule is O=C(NC1CCN(C2CC2)CC1)N1CCN(c2ccccc2F)CC1. The van der Waals surface area contributed by atoms with E-state index in [0.29, 0.717) is 37.9 Å². The molecule has 25 heavy (non-hydrogen) atoms. The number of rotatable bonds is 3. The van der Waals surface area contributed by atoms with Crippen molar-refractivity contribution < 1.29 is 9.18 Å². The number of anilines is 1. The summed E-state index contributed by atoms with van der Waals surface area (Å²) >= 11 is 0. The van der Waals surface area contributed by atoms with Crippen LogP contribution in [0.2, 0.25) is 0 Å². The Balaban J connectivity index is 1.23. The van der Waals surface area contributed by atoms with E-state index in [1.54, 1.807) is 12.1 Å².